The van der Waals surface area contributed by atoms with Crippen LogP contribution in [0, 0.1) is 0 Å². The van der Waals surface area contributed by atoms with Crippen LogP contribution in [0.15, 0.2) is 46.8 Å². The predicted molar refractivity (Wildman–Crippen MR) is 120 cm³/mol. The van der Waals surface area contributed by atoms with Crippen LogP contribution >= 0.6 is 22.9 Å². The second kappa shape index (κ2) is 9.51. The maximum Gasteiger partial charge on any atom is 0.338 e. The molecule has 1 fully saturated rings. The van der Waals surface area contributed by atoms with E-state index in [2.05, 4.69) is 10.3 Å². The summed E-state index contributed by atoms with van der Waals surface area (Å²) >= 11 is 7.51. The molecule has 0 aliphatic carbocycles. The quantitative estimate of drug-likeness (QED) is 0.523. The topological polar surface area (TPSA) is 115 Å². The molecule has 2 heterocycles. The Morgan fingerprint density at radius 2 is 1.97 bits per heavy atom. The molecule has 1 amide bonds. The number of fused-ring (bicyclic) bond motifs is 1. The van der Waals surface area contributed by atoms with Gasteiger partial charge in [-0.05, 0) is 36.4 Å². The van der Waals surface area contributed by atoms with Crippen molar-refractivity contribution in [2.24, 2.45) is 0 Å². The Labute approximate surface area is 193 Å². The number of carbonyl (C=O) groups excluding carboxylic acids is 2. The first-order valence-electron chi connectivity index (χ1n) is 9.52. The average Bonchev–Trinajstić information content (AvgIpc) is 3.27. The number of rotatable bonds is 6. The summed E-state index contributed by atoms with van der Waals surface area (Å²) in [6, 6.07) is 9.07. The molecule has 0 radical (unpaired) electrons. The molecular formula is C20H18ClN3O6S2. The number of esters is 1. The van der Waals surface area contributed by atoms with Crippen molar-refractivity contribution in [2.75, 3.05) is 38.2 Å². The number of thiazole rings is 1. The van der Waals surface area contributed by atoms with Crippen molar-refractivity contribution in [2.45, 2.75) is 4.90 Å². The van der Waals surface area contributed by atoms with Crippen LogP contribution in [0.4, 0.5) is 5.69 Å². The Morgan fingerprint density at radius 3 is 2.75 bits per heavy atom. The Balaban J connectivity index is 1.40. The Hall–Kier alpha value is -2.57. The third-order valence-electron chi connectivity index (χ3n) is 4.70. The Morgan fingerprint density at radius 1 is 1.19 bits per heavy atom. The van der Waals surface area contributed by atoms with E-state index >= 15 is 0 Å². The van der Waals surface area contributed by atoms with Crippen molar-refractivity contribution in [3.8, 4) is 0 Å². The minimum Gasteiger partial charge on any atom is -0.452 e. The first-order valence-corrected chi connectivity index (χ1v) is 12.2. The lowest BCUT2D eigenvalue weighted by Gasteiger charge is -2.26. The first kappa shape index (κ1) is 22.6. The highest BCUT2D eigenvalue weighted by molar-refractivity contribution is 7.89. The van der Waals surface area contributed by atoms with Crippen LogP contribution in [0.5, 0.6) is 0 Å². The zero-order valence-electron chi connectivity index (χ0n) is 16.6. The summed E-state index contributed by atoms with van der Waals surface area (Å²) in [4.78, 5) is 28.5. The SMILES string of the molecule is O=C(COC(=O)c1ccc2ncsc2c1)Nc1ccc(Cl)c(S(=O)(=O)N2CCOCC2)c1. The second-order valence-corrected chi connectivity index (χ2v) is 10.0. The molecule has 0 unspecified atom stereocenters. The van der Waals surface area contributed by atoms with E-state index < -0.39 is 28.5 Å². The van der Waals surface area contributed by atoms with Gasteiger partial charge in [0.25, 0.3) is 5.91 Å². The van der Waals surface area contributed by atoms with Gasteiger partial charge in [0.05, 0.1) is 39.5 Å². The second-order valence-electron chi connectivity index (χ2n) is 6.82. The Bertz CT molecular complexity index is 1270. The fourth-order valence-corrected chi connectivity index (χ4v) is 5.72. The van der Waals surface area contributed by atoms with Gasteiger partial charge in [0.1, 0.15) is 4.90 Å². The van der Waals surface area contributed by atoms with Crippen LogP contribution in [-0.4, -0.2) is 62.5 Å². The molecule has 3 aromatic rings. The lowest BCUT2D eigenvalue weighted by Crippen LogP contribution is -2.40. The highest BCUT2D eigenvalue weighted by Gasteiger charge is 2.28. The summed E-state index contributed by atoms with van der Waals surface area (Å²) in [5.74, 6) is -1.27. The third kappa shape index (κ3) is 4.92. The van der Waals surface area contributed by atoms with Gasteiger partial charge in [-0.15, -0.1) is 11.3 Å². The van der Waals surface area contributed by atoms with Gasteiger partial charge >= 0.3 is 5.97 Å². The zero-order valence-corrected chi connectivity index (χ0v) is 19.0. The molecule has 0 atom stereocenters. The van der Waals surface area contributed by atoms with Gasteiger partial charge in [0.15, 0.2) is 6.61 Å². The number of aromatic nitrogens is 1. The zero-order chi connectivity index (χ0) is 22.7. The number of ether oxygens (including phenoxy) is 2. The van der Waals surface area contributed by atoms with E-state index in [1.54, 1.807) is 23.7 Å². The lowest BCUT2D eigenvalue weighted by molar-refractivity contribution is -0.119. The molecule has 4 rings (SSSR count). The number of carbonyl (C=O) groups is 2. The van der Waals surface area contributed by atoms with Gasteiger partial charge in [-0.1, -0.05) is 11.6 Å². The van der Waals surface area contributed by atoms with Crippen molar-refractivity contribution in [1.29, 1.82) is 0 Å². The fourth-order valence-electron chi connectivity index (χ4n) is 3.10. The monoisotopic (exact) mass is 495 g/mol. The van der Waals surface area contributed by atoms with Crippen molar-refractivity contribution in [3.05, 3.63) is 52.5 Å². The summed E-state index contributed by atoms with van der Waals surface area (Å²) in [5.41, 5.74) is 2.97. The third-order valence-corrected chi connectivity index (χ3v) is 7.88. The predicted octanol–water partition coefficient (Wildman–Crippen LogP) is 2.77. The number of halogens is 1. The summed E-state index contributed by atoms with van der Waals surface area (Å²) in [7, 11) is -3.85. The molecular weight excluding hydrogens is 478 g/mol. The number of anilines is 1. The van der Waals surface area contributed by atoms with Gasteiger partial charge in [-0.25, -0.2) is 18.2 Å². The molecule has 9 nitrogen and oxygen atoms in total. The number of nitrogens with zero attached hydrogens (tertiary/aromatic N) is 2. The van der Waals surface area contributed by atoms with Crippen LogP contribution in [0.1, 0.15) is 10.4 Å². The average molecular weight is 496 g/mol. The first-order chi connectivity index (χ1) is 15.3. The van der Waals surface area contributed by atoms with Crippen LogP contribution in [0.3, 0.4) is 0 Å². The van der Waals surface area contributed by atoms with E-state index in [0.29, 0.717) is 18.8 Å². The van der Waals surface area contributed by atoms with Crippen molar-refractivity contribution in [3.63, 3.8) is 0 Å². The van der Waals surface area contributed by atoms with E-state index in [-0.39, 0.29) is 28.7 Å². The molecule has 12 heteroatoms. The number of amides is 1. The van der Waals surface area contributed by atoms with Gasteiger partial charge < -0.3 is 14.8 Å². The van der Waals surface area contributed by atoms with Gasteiger partial charge in [-0.3, -0.25) is 4.79 Å². The number of sulfonamides is 1. The summed E-state index contributed by atoms with van der Waals surface area (Å²) in [5, 5.41) is 2.57. The molecule has 32 heavy (non-hydrogen) atoms. The van der Waals surface area contributed by atoms with Crippen LogP contribution in [-0.2, 0) is 24.3 Å². The highest BCUT2D eigenvalue weighted by Crippen LogP contribution is 2.28. The fraction of sp³-hybridized carbons (Fsp3) is 0.250. The number of hydrogen-bond acceptors (Lipinski definition) is 8. The molecule has 1 aromatic heterocycles. The van der Waals surface area contributed by atoms with Crippen molar-refractivity contribution in [1.82, 2.24) is 9.29 Å². The van der Waals surface area contributed by atoms with E-state index in [1.165, 1.54) is 33.8 Å². The molecule has 2 aromatic carbocycles. The van der Waals surface area contributed by atoms with E-state index in [1.807, 2.05) is 0 Å². The van der Waals surface area contributed by atoms with E-state index in [0.717, 1.165) is 10.2 Å². The number of nitrogens with one attached hydrogen (secondary N) is 1. The standard InChI is InChI=1S/C20H18ClN3O6S2/c21-15-3-2-14(10-18(15)32(27,28)24-5-7-29-8-6-24)23-19(25)11-30-20(26)13-1-4-16-17(9-13)31-12-22-16/h1-4,9-10,12H,5-8,11H2,(H,23,25). The molecule has 1 aliphatic rings. The summed E-state index contributed by atoms with van der Waals surface area (Å²) < 4.78 is 38.2. The van der Waals surface area contributed by atoms with Gasteiger partial charge in [0, 0.05) is 18.8 Å². The minimum absolute atomic E-state index is 0.0411. The number of morpholine rings is 1. The maximum absolute atomic E-state index is 12.9. The smallest absolute Gasteiger partial charge is 0.338 e. The van der Waals surface area contributed by atoms with Crippen LogP contribution in [0.2, 0.25) is 5.02 Å². The highest BCUT2D eigenvalue weighted by atomic mass is 35.5. The van der Waals surface area contributed by atoms with Crippen molar-refractivity contribution < 1.29 is 27.5 Å². The molecule has 1 saturated heterocycles. The van der Waals surface area contributed by atoms with Crippen LogP contribution in [0.25, 0.3) is 10.2 Å². The van der Waals surface area contributed by atoms with Crippen LogP contribution < -0.4 is 5.32 Å². The molecule has 168 valence electrons. The van der Waals surface area contributed by atoms with E-state index in [4.69, 9.17) is 21.1 Å². The van der Waals surface area contributed by atoms with Gasteiger partial charge in [0.2, 0.25) is 10.0 Å². The molecule has 0 bridgehead atoms. The largest absolute Gasteiger partial charge is 0.452 e. The lowest BCUT2D eigenvalue weighted by atomic mass is 10.2. The number of hydrogen-bond donors (Lipinski definition) is 1. The molecule has 0 saturated carbocycles. The molecule has 1 aliphatic heterocycles. The maximum atomic E-state index is 12.9. The molecule has 0 spiro atoms. The van der Waals surface area contributed by atoms with Crippen molar-refractivity contribution >= 4 is 60.7 Å². The normalized spacial score (nSPS) is 14.9. The molecule has 1 N–H and O–H groups in total. The number of benzene rings is 2. The summed E-state index contributed by atoms with van der Waals surface area (Å²) in [6.07, 6.45) is 0. The summed E-state index contributed by atoms with van der Waals surface area (Å²) in [6.45, 7) is 0.508. The van der Waals surface area contributed by atoms with E-state index in [9.17, 15) is 18.0 Å². The van der Waals surface area contributed by atoms with Gasteiger partial charge in [-0.2, -0.15) is 4.31 Å². The minimum atomic E-state index is -3.85. The Kier molecular flexibility index (Phi) is 6.72.